The second-order valence-corrected chi connectivity index (χ2v) is 4.55. The molecular formula is C14H14ClNO5. The van der Waals surface area contributed by atoms with Gasteiger partial charge in [0.2, 0.25) is 5.88 Å². The van der Waals surface area contributed by atoms with Crippen molar-refractivity contribution in [1.82, 2.24) is 4.57 Å². The smallest absolute Gasteiger partial charge is 0.421 e. The van der Waals surface area contributed by atoms with E-state index in [-0.39, 0.29) is 18.8 Å². The van der Waals surface area contributed by atoms with Gasteiger partial charge in [-0.1, -0.05) is 11.6 Å². The Bertz CT molecular complexity index is 707. The summed E-state index contributed by atoms with van der Waals surface area (Å²) in [6.07, 6.45) is -0.780. The van der Waals surface area contributed by atoms with Gasteiger partial charge in [0.05, 0.1) is 18.7 Å². The largest absolute Gasteiger partial charge is 0.493 e. The van der Waals surface area contributed by atoms with E-state index in [0.717, 1.165) is 4.57 Å². The molecule has 2 aromatic rings. The third-order valence-corrected chi connectivity index (χ3v) is 3.07. The Morgan fingerprint density at radius 1 is 1.24 bits per heavy atom. The summed E-state index contributed by atoms with van der Waals surface area (Å²) in [5.41, 5.74) is 0.209. The van der Waals surface area contributed by atoms with E-state index in [9.17, 15) is 14.7 Å². The number of halogens is 1. The first-order chi connectivity index (χ1) is 10.0. The predicted molar refractivity (Wildman–Crippen MR) is 77.0 cm³/mol. The lowest BCUT2D eigenvalue weighted by atomic mass is 10.2. The second kappa shape index (κ2) is 6.05. The number of esters is 1. The van der Waals surface area contributed by atoms with Gasteiger partial charge in [-0.3, -0.25) is 0 Å². The fourth-order valence-electron chi connectivity index (χ4n) is 2.03. The number of aromatic hydroxyl groups is 1. The summed E-state index contributed by atoms with van der Waals surface area (Å²) in [7, 11) is 0. The molecule has 1 heterocycles. The van der Waals surface area contributed by atoms with Crippen molar-refractivity contribution in [1.29, 1.82) is 0 Å². The average molecular weight is 312 g/mol. The van der Waals surface area contributed by atoms with Crippen molar-refractivity contribution in [2.45, 2.75) is 13.8 Å². The number of fused-ring (bicyclic) bond motifs is 1. The standard InChI is InChI=1S/C14H14ClNO5/c1-3-20-13(18)11-9-7-8(15)5-6-10(9)16(12(11)17)14(19)21-4-2/h5-7,17H,3-4H2,1-2H3. The quantitative estimate of drug-likeness (QED) is 0.881. The SMILES string of the molecule is CCOC(=O)c1c(O)n(C(=O)OCC)c2ccc(Cl)cc12. The van der Waals surface area contributed by atoms with Gasteiger partial charge in [0.15, 0.2) is 0 Å². The van der Waals surface area contributed by atoms with Crippen LogP contribution in [0.25, 0.3) is 10.9 Å². The number of hydrogen-bond donors (Lipinski definition) is 1. The molecule has 1 aromatic carbocycles. The average Bonchev–Trinajstić information content (AvgIpc) is 2.70. The van der Waals surface area contributed by atoms with Crippen LogP contribution in [-0.4, -0.2) is 34.9 Å². The number of ether oxygens (including phenoxy) is 2. The van der Waals surface area contributed by atoms with Gasteiger partial charge in [0.25, 0.3) is 0 Å². The molecule has 0 aliphatic rings. The van der Waals surface area contributed by atoms with E-state index in [1.165, 1.54) is 12.1 Å². The summed E-state index contributed by atoms with van der Waals surface area (Å²) in [6.45, 7) is 3.57. The number of nitrogens with zero attached hydrogens (tertiary/aromatic N) is 1. The molecule has 21 heavy (non-hydrogen) atoms. The maximum atomic E-state index is 12.0. The minimum Gasteiger partial charge on any atom is -0.493 e. The van der Waals surface area contributed by atoms with Crippen molar-refractivity contribution in [3.63, 3.8) is 0 Å². The topological polar surface area (TPSA) is 77.8 Å². The molecule has 0 amide bonds. The fourth-order valence-corrected chi connectivity index (χ4v) is 2.20. The van der Waals surface area contributed by atoms with Gasteiger partial charge in [-0.25, -0.2) is 14.2 Å². The number of rotatable bonds is 3. The molecule has 0 radical (unpaired) electrons. The van der Waals surface area contributed by atoms with E-state index < -0.39 is 17.9 Å². The Labute approximate surface area is 125 Å². The van der Waals surface area contributed by atoms with E-state index in [1.807, 2.05) is 0 Å². The molecule has 112 valence electrons. The van der Waals surface area contributed by atoms with E-state index in [2.05, 4.69) is 0 Å². The van der Waals surface area contributed by atoms with Gasteiger partial charge in [-0.15, -0.1) is 0 Å². The molecule has 0 atom stereocenters. The van der Waals surface area contributed by atoms with Gasteiger partial charge in [-0.05, 0) is 32.0 Å². The van der Waals surface area contributed by atoms with Crippen LogP contribution < -0.4 is 0 Å². The molecule has 0 saturated carbocycles. The van der Waals surface area contributed by atoms with Crippen molar-refractivity contribution in [3.05, 3.63) is 28.8 Å². The highest BCUT2D eigenvalue weighted by molar-refractivity contribution is 6.31. The molecule has 1 aromatic heterocycles. The number of carbonyl (C=O) groups excluding carboxylic acids is 2. The van der Waals surface area contributed by atoms with E-state index in [1.54, 1.807) is 19.9 Å². The zero-order valence-corrected chi connectivity index (χ0v) is 12.3. The molecular weight excluding hydrogens is 298 g/mol. The van der Waals surface area contributed by atoms with E-state index in [0.29, 0.717) is 15.9 Å². The fraction of sp³-hybridized carbons (Fsp3) is 0.286. The third kappa shape index (κ3) is 2.67. The summed E-state index contributed by atoms with van der Waals surface area (Å²) in [5.74, 6) is -1.26. The molecule has 0 unspecified atom stereocenters. The molecule has 7 heteroatoms. The lowest BCUT2D eigenvalue weighted by Crippen LogP contribution is -2.13. The molecule has 1 N–H and O–H groups in total. The van der Waals surface area contributed by atoms with Crippen molar-refractivity contribution >= 4 is 34.6 Å². The first-order valence-electron chi connectivity index (χ1n) is 6.38. The molecule has 0 spiro atoms. The molecule has 0 aliphatic heterocycles. The maximum Gasteiger partial charge on any atom is 0.421 e. The Balaban J connectivity index is 2.73. The van der Waals surface area contributed by atoms with Crippen LogP contribution in [0.5, 0.6) is 5.88 Å². The van der Waals surface area contributed by atoms with Crippen molar-refractivity contribution in [2.24, 2.45) is 0 Å². The maximum absolute atomic E-state index is 12.0. The van der Waals surface area contributed by atoms with Crippen molar-refractivity contribution < 1.29 is 24.2 Å². The van der Waals surface area contributed by atoms with Crippen LogP contribution in [0.4, 0.5) is 4.79 Å². The normalized spacial score (nSPS) is 10.6. The van der Waals surface area contributed by atoms with E-state index in [4.69, 9.17) is 21.1 Å². The summed E-state index contributed by atoms with van der Waals surface area (Å²) >= 11 is 5.92. The van der Waals surface area contributed by atoms with Crippen molar-refractivity contribution in [3.8, 4) is 5.88 Å². The summed E-state index contributed by atoms with van der Waals surface area (Å²) in [5, 5.41) is 10.9. The molecule has 6 nitrogen and oxygen atoms in total. The minimum absolute atomic E-state index is 0.109. The minimum atomic E-state index is -0.780. The summed E-state index contributed by atoms with van der Waals surface area (Å²) < 4.78 is 10.7. The number of hydrogen-bond acceptors (Lipinski definition) is 5. The van der Waals surface area contributed by atoms with Crippen LogP contribution in [0.3, 0.4) is 0 Å². The second-order valence-electron chi connectivity index (χ2n) is 4.11. The first kappa shape index (κ1) is 15.2. The Morgan fingerprint density at radius 2 is 1.90 bits per heavy atom. The van der Waals surface area contributed by atoms with E-state index >= 15 is 0 Å². The molecule has 0 saturated heterocycles. The van der Waals surface area contributed by atoms with Crippen LogP contribution in [0.1, 0.15) is 24.2 Å². The predicted octanol–water partition coefficient (Wildman–Crippen LogP) is 3.18. The summed E-state index contributed by atoms with van der Waals surface area (Å²) in [6, 6.07) is 4.56. The van der Waals surface area contributed by atoms with Crippen LogP contribution in [0, 0.1) is 0 Å². The van der Waals surface area contributed by atoms with Gasteiger partial charge in [0.1, 0.15) is 5.56 Å². The van der Waals surface area contributed by atoms with Crippen LogP contribution in [0.2, 0.25) is 5.02 Å². The molecule has 0 aliphatic carbocycles. The number of benzene rings is 1. The number of aromatic nitrogens is 1. The van der Waals surface area contributed by atoms with Crippen LogP contribution in [0.15, 0.2) is 18.2 Å². The van der Waals surface area contributed by atoms with Gasteiger partial charge in [-0.2, -0.15) is 0 Å². The lowest BCUT2D eigenvalue weighted by molar-refractivity contribution is 0.0525. The molecule has 0 bridgehead atoms. The summed E-state index contributed by atoms with van der Waals surface area (Å²) in [4.78, 5) is 23.9. The molecule has 0 fully saturated rings. The Morgan fingerprint density at radius 3 is 2.52 bits per heavy atom. The Kier molecular flexibility index (Phi) is 4.37. The zero-order chi connectivity index (χ0) is 15.6. The monoisotopic (exact) mass is 311 g/mol. The van der Waals surface area contributed by atoms with Crippen LogP contribution in [-0.2, 0) is 9.47 Å². The first-order valence-corrected chi connectivity index (χ1v) is 6.76. The highest BCUT2D eigenvalue weighted by Crippen LogP contribution is 2.33. The van der Waals surface area contributed by atoms with Crippen molar-refractivity contribution in [2.75, 3.05) is 13.2 Å². The highest BCUT2D eigenvalue weighted by atomic mass is 35.5. The third-order valence-electron chi connectivity index (χ3n) is 2.83. The lowest BCUT2D eigenvalue weighted by Gasteiger charge is -2.05. The number of carbonyl (C=O) groups is 2. The van der Waals surface area contributed by atoms with Gasteiger partial charge < -0.3 is 14.6 Å². The highest BCUT2D eigenvalue weighted by Gasteiger charge is 2.27. The Hall–Kier alpha value is -2.21. The van der Waals surface area contributed by atoms with Gasteiger partial charge in [0, 0.05) is 10.4 Å². The zero-order valence-electron chi connectivity index (χ0n) is 11.6. The molecule has 2 rings (SSSR count). The van der Waals surface area contributed by atoms with Gasteiger partial charge >= 0.3 is 12.1 Å². The van der Waals surface area contributed by atoms with Crippen LogP contribution >= 0.6 is 11.6 Å².